The second kappa shape index (κ2) is 3.88. The predicted octanol–water partition coefficient (Wildman–Crippen LogP) is 2.76. The van der Waals surface area contributed by atoms with Gasteiger partial charge in [0.15, 0.2) is 0 Å². The van der Waals surface area contributed by atoms with Gasteiger partial charge >= 0.3 is 0 Å². The van der Waals surface area contributed by atoms with Crippen LogP contribution in [0.4, 0.5) is 0 Å². The number of aryl methyl sites for hydroxylation is 1. The van der Waals surface area contributed by atoms with Crippen LogP contribution in [0.15, 0.2) is 0 Å². The van der Waals surface area contributed by atoms with Crippen molar-refractivity contribution in [1.82, 2.24) is 15.1 Å². The number of hydrogen-bond acceptors (Lipinski definition) is 2. The van der Waals surface area contributed by atoms with E-state index in [0.29, 0.717) is 5.54 Å². The lowest BCUT2D eigenvalue weighted by atomic mass is 9.53. The first kappa shape index (κ1) is 11.8. The molecule has 1 aromatic heterocycles. The summed E-state index contributed by atoms with van der Waals surface area (Å²) in [4.78, 5) is 0. The molecule has 0 saturated heterocycles. The molecular weight excluding hydrogens is 246 g/mol. The number of rotatable bonds is 1. The standard InChI is InChI=1S/C17H25N3/c1-11-15-10-18-3-2-16(15)20(19-11)17-7-12-4-13(8-17)6-14(5-12)9-17/h12-14,18H,2-10H2,1H3. The van der Waals surface area contributed by atoms with Crippen LogP contribution in [0.25, 0.3) is 0 Å². The molecule has 4 fully saturated rings. The zero-order chi connectivity index (χ0) is 13.3. The van der Waals surface area contributed by atoms with Gasteiger partial charge in [0.1, 0.15) is 0 Å². The number of aromatic nitrogens is 2. The largest absolute Gasteiger partial charge is 0.312 e. The van der Waals surface area contributed by atoms with Gasteiger partial charge in [0.25, 0.3) is 0 Å². The maximum absolute atomic E-state index is 5.06. The Kier molecular flexibility index (Phi) is 2.29. The summed E-state index contributed by atoms with van der Waals surface area (Å²) in [6.45, 7) is 4.38. The van der Waals surface area contributed by atoms with Gasteiger partial charge in [0, 0.05) is 30.8 Å². The van der Waals surface area contributed by atoms with Crippen LogP contribution in [-0.2, 0) is 18.5 Å². The Hall–Kier alpha value is -0.830. The third kappa shape index (κ3) is 1.47. The molecule has 4 bridgehead atoms. The number of hydrogen-bond donors (Lipinski definition) is 1. The van der Waals surface area contributed by atoms with Gasteiger partial charge in [-0.3, -0.25) is 4.68 Å². The summed E-state index contributed by atoms with van der Waals surface area (Å²) in [5.74, 6) is 3.01. The van der Waals surface area contributed by atoms with Crippen molar-refractivity contribution in [2.75, 3.05) is 6.54 Å². The molecule has 1 aliphatic heterocycles. The molecule has 0 unspecified atom stereocenters. The fraction of sp³-hybridized carbons (Fsp3) is 0.824. The Morgan fingerprint density at radius 2 is 1.75 bits per heavy atom. The Bertz CT molecular complexity index is 522. The maximum Gasteiger partial charge on any atom is 0.0641 e. The highest BCUT2D eigenvalue weighted by Crippen LogP contribution is 2.59. The summed E-state index contributed by atoms with van der Waals surface area (Å²) in [6.07, 6.45) is 9.98. The van der Waals surface area contributed by atoms with E-state index >= 15 is 0 Å². The summed E-state index contributed by atoms with van der Waals surface area (Å²) in [6, 6.07) is 0. The first-order valence-corrected chi connectivity index (χ1v) is 8.52. The lowest BCUT2D eigenvalue weighted by Gasteiger charge is -2.57. The van der Waals surface area contributed by atoms with E-state index < -0.39 is 0 Å². The van der Waals surface area contributed by atoms with Crippen LogP contribution < -0.4 is 5.32 Å². The minimum absolute atomic E-state index is 0.407. The Labute approximate surface area is 121 Å². The van der Waals surface area contributed by atoms with Crippen LogP contribution in [0.2, 0.25) is 0 Å². The van der Waals surface area contributed by atoms with Crippen LogP contribution in [0.1, 0.15) is 55.5 Å². The van der Waals surface area contributed by atoms with Gasteiger partial charge < -0.3 is 5.32 Å². The first-order valence-electron chi connectivity index (χ1n) is 8.52. The number of nitrogens with zero attached hydrogens (tertiary/aromatic N) is 2. The van der Waals surface area contributed by atoms with Crippen LogP contribution in [0.3, 0.4) is 0 Å². The second-order valence-corrected chi connectivity index (χ2v) is 7.99. The lowest BCUT2D eigenvalue weighted by molar-refractivity contribution is -0.0509. The average Bonchev–Trinajstić information content (AvgIpc) is 2.76. The van der Waals surface area contributed by atoms with Crippen molar-refractivity contribution >= 4 is 0 Å². The fourth-order valence-corrected chi connectivity index (χ4v) is 6.23. The molecular formula is C17H25N3. The molecule has 1 aromatic rings. The highest BCUT2D eigenvalue weighted by molar-refractivity contribution is 5.29. The monoisotopic (exact) mass is 271 g/mol. The molecule has 0 spiro atoms. The van der Waals surface area contributed by atoms with E-state index in [4.69, 9.17) is 5.10 Å². The maximum atomic E-state index is 5.06. The van der Waals surface area contributed by atoms with Crippen LogP contribution in [0.5, 0.6) is 0 Å². The SMILES string of the molecule is Cc1nn(C23CC4CC(CC(C4)C2)C3)c2c1CNCC2. The first-order chi connectivity index (χ1) is 9.73. The Morgan fingerprint density at radius 1 is 1.10 bits per heavy atom. The van der Waals surface area contributed by atoms with Gasteiger partial charge in [-0.2, -0.15) is 5.10 Å². The smallest absolute Gasteiger partial charge is 0.0641 e. The van der Waals surface area contributed by atoms with Crippen LogP contribution >= 0.6 is 0 Å². The van der Waals surface area contributed by atoms with Gasteiger partial charge in [-0.25, -0.2) is 0 Å². The van der Waals surface area contributed by atoms with Crippen molar-refractivity contribution in [3.63, 3.8) is 0 Å². The van der Waals surface area contributed by atoms with E-state index in [9.17, 15) is 0 Å². The fourth-order valence-electron chi connectivity index (χ4n) is 6.23. The van der Waals surface area contributed by atoms with Crippen LogP contribution in [-0.4, -0.2) is 16.3 Å². The quantitative estimate of drug-likeness (QED) is 0.851. The van der Waals surface area contributed by atoms with E-state index in [1.54, 1.807) is 5.69 Å². The molecule has 0 radical (unpaired) electrons. The molecule has 108 valence electrons. The summed E-state index contributed by atoms with van der Waals surface area (Å²) in [5.41, 5.74) is 4.77. The molecule has 0 amide bonds. The number of nitrogens with one attached hydrogen (secondary N) is 1. The van der Waals surface area contributed by atoms with E-state index in [0.717, 1.165) is 30.8 Å². The zero-order valence-corrected chi connectivity index (χ0v) is 12.5. The molecule has 4 aliphatic carbocycles. The lowest BCUT2D eigenvalue weighted by Crippen LogP contribution is -2.53. The van der Waals surface area contributed by atoms with Gasteiger partial charge in [-0.15, -0.1) is 0 Å². The Balaban J connectivity index is 1.63. The van der Waals surface area contributed by atoms with Crippen molar-refractivity contribution in [3.05, 3.63) is 17.0 Å². The molecule has 0 atom stereocenters. The Morgan fingerprint density at radius 3 is 2.40 bits per heavy atom. The van der Waals surface area contributed by atoms with Crippen molar-refractivity contribution in [3.8, 4) is 0 Å². The normalized spacial score (nSPS) is 42.0. The minimum atomic E-state index is 0.407. The topological polar surface area (TPSA) is 29.9 Å². The highest BCUT2D eigenvalue weighted by Gasteiger charge is 2.53. The summed E-state index contributed by atoms with van der Waals surface area (Å²) < 4.78 is 2.54. The van der Waals surface area contributed by atoms with Gasteiger partial charge in [0.2, 0.25) is 0 Å². The van der Waals surface area contributed by atoms with E-state index in [2.05, 4.69) is 16.9 Å². The molecule has 0 aromatic carbocycles. The molecule has 4 saturated carbocycles. The molecule has 3 heteroatoms. The summed E-state index contributed by atoms with van der Waals surface area (Å²) in [5, 5.41) is 8.57. The van der Waals surface area contributed by atoms with E-state index in [-0.39, 0.29) is 0 Å². The van der Waals surface area contributed by atoms with Crippen molar-refractivity contribution in [2.45, 2.75) is 64.0 Å². The van der Waals surface area contributed by atoms with Crippen molar-refractivity contribution in [2.24, 2.45) is 17.8 Å². The zero-order valence-electron chi connectivity index (χ0n) is 12.5. The van der Waals surface area contributed by atoms with Crippen LogP contribution in [0, 0.1) is 24.7 Å². The van der Waals surface area contributed by atoms with Gasteiger partial charge in [0.05, 0.1) is 11.2 Å². The summed E-state index contributed by atoms with van der Waals surface area (Å²) in [7, 11) is 0. The predicted molar refractivity (Wildman–Crippen MR) is 78.5 cm³/mol. The van der Waals surface area contributed by atoms with Gasteiger partial charge in [-0.05, 0) is 63.2 Å². The van der Waals surface area contributed by atoms with E-state index in [1.807, 2.05) is 0 Å². The van der Waals surface area contributed by atoms with Crippen molar-refractivity contribution in [1.29, 1.82) is 0 Å². The third-order valence-electron chi connectivity index (χ3n) is 6.59. The number of fused-ring (bicyclic) bond motifs is 1. The average molecular weight is 271 g/mol. The minimum Gasteiger partial charge on any atom is -0.312 e. The molecule has 6 rings (SSSR count). The molecule has 20 heavy (non-hydrogen) atoms. The van der Waals surface area contributed by atoms with Crippen molar-refractivity contribution < 1.29 is 0 Å². The summed E-state index contributed by atoms with van der Waals surface area (Å²) >= 11 is 0. The van der Waals surface area contributed by atoms with Gasteiger partial charge in [-0.1, -0.05) is 0 Å². The molecule has 1 N–H and O–H groups in total. The molecule has 5 aliphatic rings. The molecule has 2 heterocycles. The third-order valence-corrected chi connectivity index (χ3v) is 6.59. The second-order valence-electron chi connectivity index (χ2n) is 7.99. The van der Waals surface area contributed by atoms with E-state index in [1.165, 1.54) is 56.2 Å². The molecule has 3 nitrogen and oxygen atoms in total. The highest BCUT2D eigenvalue weighted by atomic mass is 15.3.